The van der Waals surface area contributed by atoms with E-state index in [0.29, 0.717) is 23.2 Å². The van der Waals surface area contributed by atoms with Crippen molar-refractivity contribution in [3.05, 3.63) is 23.8 Å². The Hall–Kier alpha value is -1.71. The molecule has 0 aliphatic heterocycles. The summed E-state index contributed by atoms with van der Waals surface area (Å²) < 4.78 is 0. The third kappa shape index (κ3) is 2.03. The van der Waals surface area contributed by atoms with E-state index in [9.17, 15) is 4.79 Å². The van der Waals surface area contributed by atoms with Gasteiger partial charge in [0.05, 0.1) is 5.56 Å². The van der Waals surface area contributed by atoms with Crippen LogP contribution in [0.15, 0.2) is 18.2 Å². The van der Waals surface area contributed by atoms with Gasteiger partial charge in [-0.3, -0.25) is 4.79 Å². The average molecular weight is 205 g/mol. The number of carbonyl (C=O) groups excluding carboxylic acids is 1. The molecular weight excluding hydrogens is 190 g/mol. The van der Waals surface area contributed by atoms with Crippen LogP contribution in [-0.4, -0.2) is 11.9 Å². The fourth-order valence-corrected chi connectivity index (χ4v) is 1.62. The number of benzene rings is 1. The van der Waals surface area contributed by atoms with Gasteiger partial charge in [-0.2, -0.15) is 0 Å². The molecule has 1 aliphatic carbocycles. The third-order valence-corrected chi connectivity index (χ3v) is 2.76. The highest BCUT2D eigenvalue weighted by Crippen LogP contribution is 2.34. The molecule has 0 radical (unpaired) electrons. The lowest BCUT2D eigenvalue weighted by atomic mass is 10.1. The molecule has 2 unspecified atom stereocenters. The number of nitrogen functional groups attached to an aromatic ring is 1. The van der Waals surface area contributed by atoms with E-state index in [1.807, 2.05) is 0 Å². The van der Waals surface area contributed by atoms with E-state index in [-0.39, 0.29) is 0 Å². The highest BCUT2D eigenvalue weighted by atomic mass is 16.1. The fraction of sp³-hybridized carbons (Fsp3) is 0.364. The summed E-state index contributed by atoms with van der Waals surface area (Å²) in [5, 5.41) is 3.28. The Morgan fingerprint density at radius 2 is 2.20 bits per heavy atom. The normalized spacial score (nSPS) is 23.5. The maximum absolute atomic E-state index is 11.2. The Morgan fingerprint density at radius 1 is 1.53 bits per heavy atom. The molecule has 4 heteroatoms. The zero-order chi connectivity index (χ0) is 11.0. The predicted octanol–water partition coefficient (Wildman–Crippen LogP) is 1.19. The molecule has 0 bridgehead atoms. The van der Waals surface area contributed by atoms with Crippen LogP contribution >= 0.6 is 0 Å². The van der Waals surface area contributed by atoms with Crippen molar-refractivity contribution in [1.29, 1.82) is 0 Å². The number of primary amides is 1. The smallest absolute Gasteiger partial charge is 0.250 e. The van der Waals surface area contributed by atoms with E-state index in [1.165, 1.54) is 0 Å². The summed E-state index contributed by atoms with van der Waals surface area (Å²) in [5.41, 5.74) is 12.8. The lowest BCUT2D eigenvalue weighted by Gasteiger charge is -2.10. The molecule has 0 aromatic heterocycles. The van der Waals surface area contributed by atoms with Crippen LogP contribution in [-0.2, 0) is 0 Å². The van der Waals surface area contributed by atoms with Crippen LogP contribution in [0.1, 0.15) is 23.7 Å². The van der Waals surface area contributed by atoms with E-state index >= 15 is 0 Å². The minimum Gasteiger partial charge on any atom is -0.399 e. The van der Waals surface area contributed by atoms with Crippen molar-refractivity contribution in [2.24, 2.45) is 11.7 Å². The molecule has 15 heavy (non-hydrogen) atoms. The van der Waals surface area contributed by atoms with Gasteiger partial charge in [-0.1, -0.05) is 6.92 Å². The number of hydrogen-bond donors (Lipinski definition) is 3. The van der Waals surface area contributed by atoms with Gasteiger partial charge in [-0.15, -0.1) is 0 Å². The van der Waals surface area contributed by atoms with Crippen molar-refractivity contribution >= 4 is 17.3 Å². The molecule has 1 aromatic carbocycles. The summed E-state index contributed by atoms with van der Waals surface area (Å²) >= 11 is 0. The first-order valence-electron chi connectivity index (χ1n) is 5.04. The van der Waals surface area contributed by atoms with E-state index in [4.69, 9.17) is 11.5 Å². The number of hydrogen-bond acceptors (Lipinski definition) is 3. The molecular formula is C11H15N3O. The van der Waals surface area contributed by atoms with E-state index < -0.39 is 5.91 Å². The lowest BCUT2D eigenvalue weighted by molar-refractivity contribution is 0.100. The number of carbonyl (C=O) groups is 1. The van der Waals surface area contributed by atoms with Gasteiger partial charge in [-0.25, -0.2) is 0 Å². The van der Waals surface area contributed by atoms with Gasteiger partial charge in [0, 0.05) is 17.4 Å². The SMILES string of the molecule is CC1CC1Nc1cc(N)ccc1C(N)=O. The Balaban J connectivity index is 2.26. The highest BCUT2D eigenvalue weighted by Gasteiger charge is 2.33. The number of anilines is 2. The second-order valence-corrected chi connectivity index (χ2v) is 4.13. The second kappa shape index (κ2) is 3.46. The second-order valence-electron chi connectivity index (χ2n) is 4.13. The van der Waals surface area contributed by atoms with Crippen LogP contribution in [0.2, 0.25) is 0 Å². The third-order valence-electron chi connectivity index (χ3n) is 2.76. The van der Waals surface area contributed by atoms with E-state index in [1.54, 1.807) is 18.2 Å². The zero-order valence-electron chi connectivity index (χ0n) is 8.66. The summed E-state index contributed by atoms with van der Waals surface area (Å²) in [7, 11) is 0. The van der Waals surface area contributed by atoms with Gasteiger partial charge in [0.25, 0.3) is 5.91 Å². The molecule has 0 saturated heterocycles. The monoisotopic (exact) mass is 205 g/mol. The van der Waals surface area contributed by atoms with E-state index in [2.05, 4.69) is 12.2 Å². The van der Waals surface area contributed by atoms with Crippen molar-refractivity contribution in [2.45, 2.75) is 19.4 Å². The van der Waals surface area contributed by atoms with Crippen LogP contribution in [0.4, 0.5) is 11.4 Å². The maximum atomic E-state index is 11.2. The molecule has 4 nitrogen and oxygen atoms in total. The minimum absolute atomic E-state index is 0.425. The lowest BCUT2D eigenvalue weighted by Crippen LogP contribution is -2.15. The summed E-state index contributed by atoms with van der Waals surface area (Å²) in [5.74, 6) is 0.234. The molecule has 1 aliphatic rings. The Labute approximate surface area is 88.6 Å². The van der Waals surface area contributed by atoms with Crippen molar-refractivity contribution in [1.82, 2.24) is 0 Å². The number of nitrogens with two attached hydrogens (primary N) is 2. The van der Waals surface area contributed by atoms with Crippen LogP contribution in [0.3, 0.4) is 0 Å². The molecule has 1 saturated carbocycles. The molecule has 0 spiro atoms. The number of rotatable bonds is 3. The van der Waals surface area contributed by atoms with E-state index in [0.717, 1.165) is 12.1 Å². The largest absolute Gasteiger partial charge is 0.399 e. The summed E-state index contributed by atoms with van der Waals surface area (Å²) in [4.78, 5) is 11.2. The first-order chi connectivity index (χ1) is 7.08. The van der Waals surface area contributed by atoms with Gasteiger partial charge in [0.1, 0.15) is 0 Å². The first-order valence-corrected chi connectivity index (χ1v) is 5.04. The van der Waals surface area contributed by atoms with Gasteiger partial charge >= 0.3 is 0 Å². The molecule has 0 heterocycles. The summed E-state index contributed by atoms with van der Waals surface area (Å²) in [6.07, 6.45) is 1.13. The topological polar surface area (TPSA) is 81.1 Å². The molecule has 2 atom stereocenters. The zero-order valence-corrected chi connectivity index (χ0v) is 8.66. The van der Waals surface area contributed by atoms with Crippen molar-refractivity contribution in [3.63, 3.8) is 0 Å². The van der Waals surface area contributed by atoms with Crippen LogP contribution in [0, 0.1) is 5.92 Å². The van der Waals surface area contributed by atoms with Crippen molar-refractivity contribution in [2.75, 3.05) is 11.1 Å². The molecule has 5 N–H and O–H groups in total. The maximum Gasteiger partial charge on any atom is 0.250 e. The van der Waals surface area contributed by atoms with Gasteiger partial charge in [0.2, 0.25) is 0 Å². The summed E-state index contributed by atoms with van der Waals surface area (Å²) in [6, 6.07) is 5.55. The number of nitrogens with one attached hydrogen (secondary N) is 1. The molecule has 1 amide bonds. The van der Waals surface area contributed by atoms with Crippen LogP contribution in [0.25, 0.3) is 0 Å². The Kier molecular flexibility index (Phi) is 2.26. The predicted molar refractivity (Wildman–Crippen MR) is 60.6 cm³/mol. The van der Waals surface area contributed by atoms with Gasteiger partial charge in [-0.05, 0) is 30.5 Å². The highest BCUT2D eigenvalue weighted by molar-refractivity contribution is 5.99. The molecule has 1 aromatic rings. The Morgan fingerprint density at radius 3 is 2.73 bits per heavy atom. The quantitative estimate of drug-likeness (QED) is 0.648. The average Bonchev–Trinajstić information content (AvgIpc) is 2.81. The molecule has 1 fully saturated rings. The number of amides is 1. The van der Waals surface area contributed by atoms with Crippen molar-refractivity contribution in [3.8, 4) is 0 Å². The minimum atomic E-state index is -0.425. The van der Waals surface area contributed by atoms with Crippen molar-refractivity contribution < 1.29 is 4.79 Å². The summed E-state index contributed by atoms with van der Waals surface area (Å²) in [6.45, 7) is 2.16. The standard InChI is InChI=1S/C11H15N3O/c1-6-4-9(6)14-10-5-7(12)2-3-8(10)11(13)15/h2-3,5-6,9,14H,4,12H2,1H3,(H2,13,15). The fourth-order valence-electron chi connectivity index (χ4n) is 1.62. The molecule has 2 rings (SSSR count). The van der Waals surface area contributed by atoms with Gasteiger partial charge in [0.15, 0.2) is 0 Å². The molecule has 80 valence electrons. The Bertz CT molecular complexity index is 403. The van der Waals surface area contributed by atoms with Gasteiger partial charge < -0.3 is 16.8 Å². The first kappa shape index (κ1) is 9.83. The van der Waals surface area contributed by atoms with Crippen LogP contribution < -0.4 is 16.8 Å². The van der Waals surface area contributed by atoms with Crippen LogP contribution in [0.5, 0.6) is 0 Å².